The van der Waals surface area contributed by atoms with Gasteiger partial charge in [-0.05, 0) is 37.5 Å². The third-order valence-corrected chi connectivity index (χ3v) is 8.66. The van der Waals surface area contributed by atoms with Crippen LogP contribution in [0.4, 0.5) is 22.0 Å². The lowest BCUT2D eigenvalue weighted by Crippen LogP contribution is -2.38. The maximum Gasteiger partial charge on any atom is 0.259 e. The molecule has 2 aromatic carbocycles. The molecule has 3 nitrogen and oxygen atoms in total. The van der Waals surface area contributed by atoms with Gasteiger partial charge in [0.15, 0.2) is 23.3 Å². The quantitative estimate of drug-likeness (QED) is 0.189. The normalized spacial score (nSPS) is 18.0. The molecule has 170 valence electrons. The molecule has 1 saturated carbocycles. The highest BCUT2D eigenvalue weighted by atomic mass is 79.9. The summed E-state index contributed by atoms with van der Waals surface area (Å²) in [5, 5.41) is 1.73. The standard InChI is InChI=1S/C21H22BrF5NO2P/c1-2-30-31(29,20-18(26)16(24)15(23)17(25)19(20)27)21(12-8-10-13(22)11-9-12)28-14-6-4-3-5-7-14/h8-11,14,21,28H,2-7H2,1H3/t21-,31-/m1/s1. The molecule has 2 aromatic rings. The molecule has 0 saturated heterocycles. The molecule has 31 heavy (non-hydrogen) atoms. The van der Waals surface area contributed by atoms with Crippen LogP contribution in [0.5, 0.6) is 0 Å². The second kappa shape index (κ2) is 10.1. The average molecular weight is 526 g/mol. The van der Waals surface area contributed by atoms with Crippen molar-refractivity contribution < 1.29 is 31.0 Å². The zero-order valence-electron chi connectivity index (χ0n) is 16.7. The minimum absolute atomic E-state index is 0.141. The van der Waals surface area contributed by atoms with E-state index in [1.807, 2.05) is 0 Å². The number of rotatable bonds is 7. The van der Waals surface area contributed by atoms with Crippen molar-refractivity contribution in [1.82, 2.24) is 5.32 Å². The summed E-state index contributed by atoms with van der Waals surface area (Å²) in [7, 11) is -4.66. The van der Waals surface area contributed by atoms with Crippen molar-refractivity contribution in [3.63, 3.8) is 0 Å². The maximum atomic E-state index is 14.7. The zero-order valence-corrected chi connectivity index (χ0v) is 19.2. The molecular weight excluding hydrogens is 504 g/mol. The lowest BCUT2D eigenvalue weighted by atomic mass is 9.95. The monoisotopic (exact) mass is 525 g/mol. The fourth-order valence-electron chi connectivity index (χ4n) is 3.86. The molecule has 1 aliphatic rings. The molecule has 1 aliphatic carbocycles. The zero-order chi connectivity index (χ0) is 22.8. The molecule has 10 heteroatoms. The highest BCUT2D eigenvalue weighted by Gasteiger charge is 2.45. The van der Waals surface area contributed by atoms with Gasteiger partial charge in [0.25, 0.3) is 7.37 Å². The molecule has 0 aliphatic heterocycles. The first-order valence-corrected chi connectivity index (χ1v) is 12.5. The van der Waals surface area contributed by atoms with Crippen LogP contribution in [-0.2, 0) is 9.09 Å². The summed E-state index contributed by atoms with van der Waals surface area (Å²) in [6, 6.07) is 6.28. The van der Waals surface area contributed by atoms with E-state index in [0.717, 1.165) is 32.1 Å². The molecule has 3 rings (SSSR count). The average Bonchev–Trinajstić information content (AvgIpc) is 2.76. The van der Waals surface area contributed by atoms with Crippen LogP contribution in [0.15, 0.2) is 28.7 Å². The lowest BCUT2D eigenvalue weighted by molar-refractivity contribution is 0.306. The van der Waals surface area contributed by atoms with Crippen LogP contribution in [0, 0.1) is 29.1 Å². The molecule has 0 spiro atoms. The maximum absolute atomic E-state index is 14.7. The minimum Gasteiger partial charge on any atom is -0.324 e. The molecular formula is C21H22BrF5NO2P. The number of nitrogens with one attached hydrogen (secondary N) is 1. The summed E-state index contributed by atoms with van der Waals surface area (Å²) in [5.74, 6) is -12.2. The van der Waals surface area contributed by atoms with Crippen LogP contribution >= 0.6 is 23.3 Å². The van der Waals surface area contributed by atoms with Crippen molar-refractivity contribution in [1.29, 1.82) is 0 Å². The largest absolute Gasteiger partial charge is 0.324 e. The first-order valence-electron chi connectivity index (χ1n) is 9.98. The summed E-state index contributed by atoms with van der Waals surface area (Å²) in [5.41, 5.74) is 0.356. The Balaban J connectivity index is 2.21. The van der Waals surface area contributed by atoms with Crippen molar-refractivity contribution in [3.8, 4) is 0 Å². The Morgan fingerprint density at radius 1 is 0.968 bits per heavy atom. The highest BCUT2D eigenvalue weighted by Crippen LogP contribution is 2.59. The second-order valence-electron chi connectivity index (χ2n) is 7.39. The van der Waals surface area contributed by atoms with Gasteiger partial charge in [-0.15, -0.1) is 0 Å². The third kappa shape index (κ3) is 4.90. The Hall–Kier alpha value is -1.28. The molecule has 1 N–H and O–H groups in total. The van der Waals surface area contributed by atoms with Crippen molar-refractivity contribution in [2.45, 2.75) is 50.9 Å². The van der Waals surface area contributed by atoms with Crippen LogP contribution < -0.4 is 10.6 Å². The predicted octanol–water partition coefficient (Wildman–Crippen LogP) is 6.71. The third-order valence-electron chi connectivity index (χ3n) is 5.34. The van der Waals surface area contributed by atoms with E-state index in [9.17, 15) is 26.5 Å². The summed E-state index contributed by atoms with van der Waals surface area (Å²) in [4.78, 5) is 0. The number of benzene rings is 2. The molecule has 1 fully saturated rings. The number of hydrogen-bond donors (Lipinski definition) is 1. The van der Waals surface area contributed by atoms with Gasteiger partial charge in [0, 0.05) is 10.5 Å². The molecule has 0 unspecified atom stereocenters. The van der Waals surface area contributed by atoms with Gasteiger partial charge in [-0.2, -0.15) is 0 Å². The van der Waals surface area contributed by atoms with Gasteiger partial charge in [-0.1, -0.05) is 47.3 Å². The first-order chi connectivity index (χ1) is 14.7. The molecule has 0 radical (unpaired) electrons. The first kappa shape index (κ1) is 24.4. The number of hydrogen-bond acceptors (Lipinski definition) is 3. The lowest BCUT2D eigenvalue weighted by Gasteiger charge is -2.34. The summed E-state index contributed by atoms with van der Waals surface area (Å²) >= 11 is 3.29. The highest BCUT2D eigenvalue weighted by molar-refractivity contribution is 9.10. The van der Waals surface area contributed by atoms with Gasteiger partial charge in [-0.3, -0.25) is 9.88 Å². The van der Waals surface area contributed by atoms with E-state index in [2.05, 4.69) is 21.2 Å². The summed E-state index contributed by atoms with van der Waals surface area (Å²) in [6.45, 7) is 1.19. The van der Waals surface area contributed by atoms with E-state index in [4.69, 9.17) is 4.52 Å². The number of halogens is 6. The Kier molecular flexibility index (Phi) is 7.95. The molecule has 2 atom stereocenters. The van der Waals surface area contributed by atoms with Gasteiger partial charge >= 0.3 is 0 Å². The van der Waals surface area contributed by atoms with Crippen LogP contribution in [-0.4, -0.2) is 12.6 Å². The fraction of sp³-hybridized carbons (Fsp3) is 0.429. The predicted molar refractivity (Wildman–Crippen MR) is 112 cm³/mol. The Labute approximate surface area is 186 Å². The SMILES string of the molecule is CCO[P@](=O)(c1c(F)c(F)c(F)c(F)c1F)[C@@H](NC1CCCCC1)c1ccc(Br)cc1. The van der Waals surface area contributed by atoms with Crippen molar-refractivity contribution in [2.75, 3.05) is 6.61 Å². The van der Waals surface area contributed by atoms with Gasteiger partial charge < -0.3 is 4.52 Å². The minimum atomic E-state index is -4.66. The van der Waals surface area contributed by atoms with Gasteiger partial charge in [0.1, 0.15) is 11.1 Å². The molecule has 0 heterocycles. The smallest absolute Gasteiger partial charge is 0.259 e. The van der Waals surface area contributed by atoms with E-state index in [1.54, 1.807) is 24.3 Å². The van der Waals surface area contributed by atoms with E-state index < -0.39 is 47.5 Å². The summed E-state index contributed by atoms with van der Waals surface area (Å²) in [6.07, 6.45) is 4.31. The van der Waals surface area contributed by atoms with Crippen LogP contribution in [0.1, 0.15) is 50.4 Å². The van der Waals surface area contributed by atoms with Gasteiger partial charge in [0.2, 0.25) is 5.82 Å². The van der Waals surface area contributed by atoms with E-state index in [-0.39, 0.29) is 12.6 Å². The summed E-state index contributed by atoms with van der Waals surface area (Å²) < 4.78 is 91.2. The van der Waals surface area contributed by atoms with Crippen molar-refractivity contribution in [2.24, 2.45) is 0 Å². The Bertz CT molecular complexity index is 954. The molecule has 0 aromatic heterocycles. The van der Waals surface area contributed by atoms with Crippen LogP contribution in [0.25, 0.3) is 0 Å². The van der Waals surface area contributed by atoms with E-state index >= 15 is 0 Å². The molecule has 0 amide bonds. The van der Waals surface area contributed by atoms with E-state index in [0.29, 0.717) is 10.0 Å². The molecule has 0 bridgehead atoms. The Morgan fingerprint density at radius 2 is 1.48 bits per heavy atom. The van der Waals surface area contributed by atoms with Gasteiger partial charge in [0.05, 0.1) is 6.61 Å². The van der Waals surface area contributed by atoms with Gasteiger partial charge in [-0.25, -0.2) is 22.0 Å². The Morgan fingerprint density at radius 3 is 2.00 bits per heavy atom. The van der Waals surface area contributed by atoms with Crippen molar-refractivity contribution >= 4 is 28.6 Å². The second-order valence-corrected chi connectivity index (χ2v) is 10.7. The van der Waals surface area contributed by atoms with Crippen LogP contribution in [0.3, 0.4) is 0 Å². The fourth-order valence-corrected chi connectivity index (χ4v) is 6.75. The van der Waals surface area contributed by atoms with Crippen molar-refractivity contribution in [3.05, 3.63) is 63.4 Å². The van der Waals surface area contributed by atoms with Crippen LogP contribution in [0.2, 0.25) is 0 Å². The van der Waals surface area contributed by atoms with E-state index in [1.165, 1.54) is 6.92 Å². The topological polar surface area (TPSA) is 38.3 Å².